The number of aliphatic carboxylic acids is 1. The first-order chi connectivity index (χ1) is 16.9. The predicted octanol–water partition coefficient (Wildman–Crippen LogP) is 8.74. The van der Waals surface area contributed by atoms with E-state index < -0.39 is 54.0 Å². The van der Waals surface area contributed by atoms with Crippen LogP contribution in [0.5, 0.6) is 0 Å². The molecule has 0 fully saturated rings. The van der Waals surface area contributed by atoms with Gasteiger partial charge in [0.25, 0.3) is 0 Å². The van der Waals surface area contributed by atoms with Crippen LogP contribution >= 0.6 is 0 Å². The largest absolute Gasteiger partial charge is 0.481 e. The summed E-state index contributed by atoms with van der Waals surface area (Å²) in [6.45, 7) is 3.53. The van der Waals surface area contributed by atoms with Crippen LogP contribution in [-0.2, 0) is 17.4 Å². The van der Waals surface area contributed by atoms with Crippen molar-refractivity contribution in [2.75, 3.05) is 0 Å². The molecular formula is C26H23F9O2. The predicted molar refractivity (Wildman–Crippen MR) is 120 cm³/mol. The average Bonchev–Trinajstić information content (AvgIpc) is 2.74. The standard InChI is InChI=1S/C26H23F9O2/c1-15(2)11-22(23(36)37)19-13-16(3-6-21(26(33,34)35)9-10-24(27,28)29)12-18(14-19)17-4-7-20(8-5-17)25(30,31)32/h4-10,12-15,22H,3,11H2,1-2H3,(H,36,37)/b10-9+,21-6+/t22-/m0/s1. The summed E-state index contributed by atoms with van der Waals surface area (Å²) in [7, 11) is 0. The highest BCUT2D eigenvalue weighted by molar-refractivity contribution is 5.77. The molecule has 0 amide bonds. The molecule has 0 heterocycles. The minimum atomic E-state index is -5.09. The Hall–Kier alpha value is -3.24. The van der Waals surface area contributed by atoms with Gasteiger partial charge in [0, 0.05) is 6.08 Å². The van der Waals surface area contributed by atoms with Gasteiger partial charge in [-0.2, -0.15) is 39.5 Å². The van der Waals surface area contributed by atoms with Gasteiger partial charge in [0.1, 0.15) is 0 Å². The zero-order chi connectivity index (χ0) is 28.2. The molecule has 2 aromatic carbocycles. The molecule has 0 spiro atoms. The molecule has 0 unspecified atom stereocenters. The minimum Gasteiger partial charge on any atom is -0.481 e. The highest BCUT2D eigenvalue weighted by atomic mass is 19.4. The van der Waals surface area contributed by atoms with Crippen LogP contribution in [0, 0.1) is 5.92 Å². The van der Waals surface area contributed by atoms with Gasteiger partial charge in [-0.3, -0.25) is 4.79 Å². The number of alkyl halides is 9. The summed E-state index contributed by atoms with van der Waals surface area (Å²) < 4.78 is 116. The number of halogens is 9. The average molecular weight is 538 g/mol. The molecule has 0 bridgehead atoms. The quantitative estimate of drug-likeness (QED) is 0.270. The third-order valence-corrected chi connectivity index (χ3v) is 5.31. The monoisotopic (exact) mass is 538 g/mol. The second kappa shape index (κ2) is 11.4. The molecule has 2 aromatic rings. The molecule has 0 saturated heterocycles. The van der Waals surface area contributed by atoms with Gasteiger partial charge in [-0.25, -0.2) is 0 Å². The van der Waals surface area contributed by atoms with Crippen molar-refractivity contribution in [2.24, 2.45) is 5.92 Å². The molecule has 202 valence electrons. The lowest BCUT2D eigenvalue weighted by molar-refractivity contribution is -0.139. The van der Waals surface area contributed by atoms with Crippen LogP contribution in [0.15, 0.2) is 66.3 Å². The molecule has 0 aromatic heterocycles. The van der Waals surface area contributed by atoms with Crippen LogP contribution in [0.1, 0.15) is 42.9 Å². The Morgan fingerprint density at radius 3 is 1.95 bits per heavy atom. The minimum absolute atomic E-state index is 0.0801. The van der Waals surface area contributed by atoms with Gasteiger partial charge < -0.3 is 5.11 Å². The number of allylic oxidation sites excluding steroid dienone is 4. The first kappa shape index (κ1) is 30.0. The number of carbonyl (C=O) groups is 1. The maximum absolute atomic E-state index is 13.3. The van der Waals surface area contributed by atoms with Gasteiger partial charge in [0.05, 0.1) is 17.1 Å². The van der Waals surface area contributed by atoms with Crippen molar-refractivity contribution in [2.45, 2.75) is 51.1 Å². The Morgan fingerprint density at radius 1 is 0.892 bits per heavy atom. The molecule has 11 heteroatoms. The maximum Gasteiger partial charge on any atom is 0.416 e. The molecule has 1 N–H and O–H groups in total. The van der Waals surface area contributed by atoms with E-state index >= 15 is 0 Å². The van der Waals surface area contributed by atoms with Gasteiger partial charge in [-0.05, 0) is 59.2 Å². The van der Waals surface area contributed by atoms with E-state index in [0.717, 1.165) is 24.3 Å². The van der Waals surface area contributed by atoms with E-state index in [0.29, 0.717) is 6.08 Å². The van der Waals surface area contributed by atoms with Crippen molar-refractivity contribution in [3.05, 3.63) is 83.0 Å². The van der Waals surface area contributed by atoms with Gasteiger partial charge in [0.2, 0.25) is 0 Å². The van der Waals surface area contributed by atoms with Crippen LogP contribution in [-0.4, -0.2) is 23.4 Å². The van der Waals surface area contributed by atoms with Crippen molar-refractivity contribution in [3.63, 3.8) is 0 Å². The van der Waals surface area contributed by atoms with E-state index in [4.69, 9.17) is 0 Å². The molecule has 0 saturated carbocycles. The zero-order valence-electron chi connectivity index (χ0n) is 19.6. The van der Waals surface area contributed by atoms with Crippen molar-refractivity contribution >= 4 is 5.97 Å². The molecular weight excluding hydrogens is 515 g/mol. The fourth-order valence-corrected chi connectivity index (χ4v) is 3.60. The Labute approximate surface area is 207 Å². The Morgan fingerprint density at radius 2 is 1.49 bits per heavy atom. The summed E-state index contributed by atoms with van der Waals surface area (Å²) in [5, 5.41) is 9.72. The van der Waals surface area contributed by atoms with Gasteiger partial charge in [-0.1, -0.05) is 50.3 Å². The van der Waals surface area contributed by atoms with E-state index in [-0.39, 0.29) is 40.7 Å². The summed E-state index contributed by atoms with van der Waals surface area (Å²) in [5.41, 5.74) is -1.62. The number of carboxylic acid groups (broad SMARTS) is 1. The van der Waals surface area contributed by atoms with Crippen molar-refractivity contribution < 1.29 is 49.4 Å². The number of hydrogen-bond acceptors (Lipinski definition) is 1. The van der Waals surface area contributed by atoms with E-state index in [1.165, 1.54) is 18.2 Å². The third-order valence-electron chi connectivity index (χ3n) is 5.31. The second-order valence-corrected chi connectivity index (χ2v) is 8.80. The van der Waals surface area contributed by atoms with Crippen LogP contribution in [0.3, 0.4) is 0 Å². The van der Waals surface area contributed by atoms with E-state index in [2.05, 4.69) is 0 Å². The molecule has 0 radical (unpaired) electrons. The molecule has 0 aliphatic heterocycles. The summed E-state index contributed by atoms with van der Waals surface area (Å²) in [6, 6.07) is 8.05. The van der Waals surface area contributed by atoms with Crippen molar-refractivity contribution in [1.29, 1.82) is 0 Å². The van der Waals surface area contributed by atoms with Crippen LogP contribution in [0.25, 0.3) is 11.1 Å². The number of hydrogen-bond donors (Lipinski definition) is 1. The molecule has 1 atom stereocenters. The molecule has 0 aliphatic rings. The third kappa shape index (κ3) is 9.29. The first-order valence-corrected chi connectivity index (χ1v) is 10.9. The topological polar surface area (TPSA) is 37.3 Å². The summed E-state index contributed by atoms with van der Waals surface area (Å²) >= 11 is 0. The fourth-order valence-electron chi connectivity index (χ4n) is 3.60. The lowest BCUT2D eigenvalue weighted by Gasteiger charge is -2.18. The molecule has 0 aliphatic carbocycles. The first-order valence-electron chi connectivity index (χ1n) is 10.9. The van der Waals surface area contributed by atoms with Crippen LogP contribution < -0.4 is 0 Å². The highest BCUT2D eigenvalue weighted by Gasteiger charge is 2.33. The fraction of sp³-hybridized carbons (Fsp3) is 0.346. The van der Waals surface area contributed by atoms with Gasteiger partial charge in [0.15, 0.2) is 0 Å². The molecule has 2 rings (SSSR count). The normalized spacial score (nSPS) is 14.4. The second-order valence-electron chi connectivity index (χ2n) is 8.80. The molecule has 2 nitrogen and oxygen atoms in total. The summed E-state index contributed by atoms with van der Waals surface area (Å²) in [6.07, 6.45) is -15.1. The zero-order valence-corrected chi connectivity index (χ0v) is 19.6. The summed E-state index contributed by atoms with van der Waals surface area (Å²) in [4.78, 5) is 11.9. The van der Waals surface area contributed by atoms with Crippen LogP contribution in [0.4, 0.5) is 39.5 Å². The lowest BCUT2D eigenvalue weighted by atomic mass is 9.86. The maximum atomic E-state index is 13.3. The highest BCUT2D eigenvalue weighted by Crippen LogP contribution is 2.34. The Bertz CT molecular complexity index is 1140. The van der Waals surface area contributed by atoms with Crippen molar-refractivity contribution in [1.82, 2.24) is 0 Å². The van der Waals surface area contributed by atoms with Gasteiger partial charge in [-0.15, -0.1) is 0 Å². The number of benzene rings is 2. The van der Waals surface area contributed by atoms with E-state index in [9.17, 15) is 49.4 Å². The van der Waals surface area contributed by atoms with Gasteiger partial charge >= 0.3 is 24.5 Å². The lowest BCUT2D eigenvalue weighted by Crippen LogP contribution is -2.14. The SMILES string of the molecule is CC(C)C[C@H](C(=O)O)c1cc(C/C=C(\C=C\C(F)(F)F)C(F)(F)F)cc(-c2ccc(C(F)(F)F)cc2)c1. The van der Waals surface area contributed by atoms with E-state index in [1.807, 2.05) is 0 Å². The molecule has 37 heavy (non-hydrogen) atoms. The smallest absolute Gasteiger partial charge is 0.416 e. The number of rotatable bonds is 8. The van der Waals surface area contributed by atoms with Crippen molar-refractivity contribution in [3.8, 4) is 11.1 Å². The number of carboxylic acids is 1. The van der Waals surface area contributed by atoms with Crippen LogP contribution in [0.2, 0.25) is 0 Å². The summed E-state index contributed by atoms with van der Waals surface area (Å²) in [5.74, 6) is -2.35. The Balaban J connectivity index is 2.61. The van der Waals surface area contributed by atoms with E-state index in [1.54, 1.807) is 13.8 Å². The Kier molecular flexibility index (Phi) is 9.27.